The van der Waals surface area contributed by atoms with Gasteiger partial charge in [-0.1, -0.05) is 6.08 Å². The third kappa shape index (κ3) is 3.27. The number of esters is 1. The predicted molar refractivity (Wildman–Crippen MR) is 46.7 cm³/mol. The van der Waals surface area contributed by atoms with Gasteiger partial charge in [0.25, 0.3) is 5.91 Å². The Hall–Kier alpha value is -1.32. The molecule has 0 aromatic carbocycles. The van der Waals surface area contributed by atoms with Gasteiger partial charge in [-0.25, -0.2) is 0 Å². The van der Waals surface area contributed by atoms with E-state index in [1.54, 1.807) is 11.1 Å². The van der Waals surface area contributed by atoms with Crippen LogP contribution in [-0.4, -0.2) is 29.9 Å². The van der Waals surface area contributed by atoms with Crippen molar-refractivity contribution in [1.82, 2.24) is 4.90 Å². The van der Waals surface area contributed by atoms with E-state index in [-0.39, 0.29) is 12.5 Å². The minimum absolute atomic E-state index is 0.153. The van der Waals surface area contributed by atoms with Crippen molar-refractivity contribution in [2.75, 3.05) is 13.2 Å². The van der Waals surface area contributed by atoms with Crippen molar-refractivity contribution in [3.05, 3.63) is 12.3 Å². The molecule has 4 heteroatoms. The van der Waals surface area contributed by atoms with Crippen LogP contribution in [0.1, 0.15) is 19.8 Å². The summed E-state index contributed by atoms with van der Waals surface area (Å²) in [5.74, 6) is -0.583. The van der Waals surface area contributed by atoms with Gasteiger partial charge in [0.2, 0.25) is 0 Å². The van der Waals surface area contributed by atoms with Gasteiger partial charge in [0.1, 0.15) is 0 Å². The Balaban J connectivity index is 2.34. The lowest BCUT2D eigenvalue weighted by molar-refractivity contribution is -0.149. The van der Waals surface area contributed by atoms with E-state index in [4.69, 9.17) is 0 Å². The monoisotopic (exact) mass is 183 g/mol. The van der Waals surface area contributed by atoms with Crippen molar-refractivity contribution in [3.63, 3.8) is 0 Å². The van der Waals surface area contributed by atoms with Gasteiger partial charge in [-0.05, 0) is 12.8 Å². The van der Waals surface area contributed by atoms with Crippen molar-refractivity contribution in [1.29, 1.82) is 0 Å². The fourth-order valence-electron chi connectivity index (χ4n) is 1.11. The topological polar surface area (TPSA) is 46.6 Å². The van der Waals surface area contributed by atoms with E-state index in [1.807, 2.05) is 6.08 Å². The zero-order valence-corrected chi connectivity index (χ0v) is 7.66. The summed E-state index contributed by atoms with van der Waals surface area (Å²) < 4.78 is 4.59. The number of allylic oxidation sites excluding steroid dienone is 1. The Morgan fingerprint density at radius 2 is 2.31 bits per heavy atom. The summed E-state index contributed by atoms with van der Waals surface area (Å²) in [7, 11) is 0. The number of nitrogens with zero attached hydrogens (tertiary/aromatic N) is 1. The summed E-state index contributed by atoms with van der Waals surface area (Å²) in [5, 5.41) is 0. The second-order valence-electron chi connectivity index (χ2n) is 2.89. The summed E-state index contributed by atoms with van der Waals surface area (Å²) in [6.45, 7) is 1.86. The first-order valence-electron chi connectivity index (χ1n) is 4.29. The van der Waals surface area contributed by atoms with Crippen LogP contribution < -0.4 is 0 Å². The van der Waals surface area contributed by atoms with Gasteiger partial charge in [0.15, 0.2) is 6.61 Å². The Morgan fingerprint density at radius 1 is 1.54 bits per heavy atom. The van der Waals surface area contributed by atoms with Crippen LogP contribution in [-0.2, 0) is 14.3 Å². The van der Waals surface area contributed by atoms with Crippen LogP contribution in [0.3, 0.4) is 0 Å². The maximum absolute atomic E-state index is 11.3. The fourth-order valence-corrected chi connectivity index (χ4v) is 1.11. The van der Waals surface area contributed by atoms with Crippen LogP contribution in [0.2, 0.25) is 0 Å². The van der Waals surface area contributed by atoms with E-state index in [0.717, 1.165) is 19.4 Å². The smallest absolute Gasteiger partial charge is 0.303 e. The summed E-state index contributed by atoms with van der Waals surface area (Å²) in [6, 6.07) is 0. The molecule has 13 heavy (non-hydrogen) atoms. The van der Waals surface area contributed by atoms with Gasteiger partial charge in [-0.2, -0.15) is 0 Å². The Kier molecular flexibility index (Phi) is 3.49. The average Bonchev–Trinajstić information content (AvgIpc) is 2.15. The molecule has 1 aliphatic heterocycles. The number of carbonyl (C=O) groups excluding carboxylic acids is 2. The number of carbonyl (C=O) groups is 2. The molecule has 0 saturated carbocycles. The van der Waals surface area contributed by atoms with Gasteiger partial charge in [0.05, 0.1) is 0 Å². The number of rotatable bonds is 2. The van der Waals surface area contributed by atoms with Crippen LogP contribution in [0.5, 0.6) is 0 Å². The highest BCUT2D eigenvalue weighted by molar-refractivity contribution is 5.80. The van der Waals surface area contributed by atoms with Crippen LogP contribution in [0.4, 0.5) is 0 Å². The maximum atomic E-state index is 11.3. The molecule has 0 spiro atoms. The first-order valence-corrected chi connectivity index (χ1v) is 4.29. The second-order valence-corrected chi connectivity index (χ2v) is 2.89. The molecule has 0 aromatic rings. The molecule has 0 radical (unpaired) electrons. The molecule has 0 saturated heterocycles. The Morgan fingerprint density at radius 3 is 2.85 bits per heavy atom. The van der Waals surface area contributed by atoms with Crippen LogP contribution in [0.25, 0.3) is 0 Å². The zero-order chi connectivity index (χ0) is 9.68. The third-order valence-corrected chi connectivity index (χ3v) is 1.77. The van der Waals surface area contributed by atoms with Gasteiger partial charge in [-0.3, -0.25) is 9.59 Å². The van der Waals surface area contributed by atoms with Gasteiger partial charge in [0, 0.05) is 19.7 Å². The Labute approximate surface area is 77.2 Å². The summed E-state index contributed by atoms with van der Waals surface area (Å²) in [5.41, 5.74) is 0. The molecule has 1 aliphatic rings. The van der Waals surface area contributed by atoms with Crippen LogP contribution in [0, 0.1) is 0 Å². The fraction of sp³-hybridized carbons (Fsp3) is 0.556. The highest BCUT2D eigenvalue weighted by Gasteiger charge is 2.13. The van der Waals surface area contributed by atoms with Crippen molar-refractivity contribution in [3.8, 4) is 0 Å². The lowest BCUT2D eigenvalue weighted by Crippen LogP contribution is -2.32. The molecule has 4 nitrogen and oxygen atoms in total. The zero-order valence-electron chi connectivity index (χ0n) is 7.66. The van der Waals surface area contributed by atoms with Gasteiger partial charge in [-0.15, -0.1) is 0 Å². The quantitative estimate of drug-likeness (QED) is 0.591. The molecule has 0 unspecified atom stereocenters. The normalized spacial score (nSPS) is 15.6. The first-order chi connectivity index (χ1) is 6.20. The van der Waals surface area contributed by atoms with E-state index in [0.29, 0.717) is 0 Å². The lowest BCUT2D eigenvalue weighted by atomic mass is 10.2. The van der Waals surface area contributed by atoms with Crippen molar-refractivity contribution < 1.29 is 14.3 Å². The molecule has 1 heterocycles. The third-order valence-electron chi connectivity index (χ3n) is 1.77. The number of amides is 1. The van der Waals surface area contributed by atoms with Crippen LogP contribution >= 0.6 is 0 Å². The van der Waals surface area contributed by atoms with E-state index in [9.17, 15) is 9.59 Å². The number of ether oxygens (including phenoxy) is 1. The average molecular weight is 183 g/mol. The minimum Gasteiger partial charge on any atom is -0.456 e. The maximum Gasteiger partial charge on any atom is 0.303 e. The van der Waals surface area contributed by atoms with Crippen molar-refractivity contribution in [2.24, 2.45) is 0 Å². The second kappa shape index (κ2) is 4.64. The van der Waals surface area contributed by atoms with Crippen molar-refractivity contribution >= 4 is 11.9 Å². The predicted octanol–water partition coefficient (Wildman–Crippen LogP) is 0.686. The molecule has 0 fully saturated rings. The lowest BCUT2D eigenvalue weighted by Gasteiger charge is -2.20. The summed E-state index contributed by atoms with van der Waals surface area (Å²) >= 11 is 0. The molecule has 1 amide bonds. The van der Waals surface area contributed by atoms with E-state index in [1.165, 1.54) is 6.92 Å². The molecule has 0 atom stereocenters. The largest absolute Gasteiger partial charge is 0.456 e. The minimum atomic E-state index is -0.422. The highest BCUT2D eigenvalue weighted by Crippen LogP contribution is 2.05. The molecule has 0 N–H and O–H groups in total. The molecule has 72 valence electrons. The summed E-state index contributed by atoms with van der Waals surface area (Å²) in [4.78, 5) is 23.3. The first kappa shape index (κ1) is 9.77. The SMILES string of the molecule is CC(=O)OCC(=O)N1C=CCCC1. The molecule has 0 bridgehead atoms. The van der Waals surface area contributed by atoms with Crippen molar-refractivity contribution in [2.45, 2.75) is 19.8 Å². The molecule has 0 aliphatic carbocycles. The van der Waals surface area contributed by atoms with Crippen LogP contribution in [0.15, 0.2) is 12.3 Å². The summed E-state index contributed by atoms with van der Waals surface area (Å²) in [6.07, 6.45) is 5.67. The van der Waals surface area contributed by atoms with Gasteiger partial charge >= 0.3 is 5.97 Å². The van der Waals surface area contributed by atoms with E-state index in [2.05, 4.69) is 4.74 Å². The molecular formula is C9H13NO3. The molecular weight excluding hydrogens is 170 g/mol. The number of hydrogen-bond acceptors (Lipinski definition) is 3. The van der Waals surface area contributed by atoms with E-state index >= 15 is 0 Å². The standard InChI is InChI=1S/C9H13NO3/c1-8(11)13-7-9(12)10-5-3-2-4-6-10/h3,5H,2,4,6-7H2,1H3. The number of hydrogen-bond donors (Lipinski definition) is 0. The molecule has 1 rings (SSSR count). The van der Waals surface area contributed by atoms with Gasteiger partial charge < -0.3 is 9.64 Å². The molecule has 0 aromatic heterocycles. The van der Waals surface area contributed by atoms with E-state index < -0.39 is 5.97 Å². The highest BCUT2D eigenvalue weighted by atomic mass is 16.5. The Bertz CT molecular complexity index is 235.